The Bertz CT molecular complexity index is 686. The fourth-order valence-corrected chi connectivity index (χ4v) is 2.66. The molecule has 0 saturated carbocycles. The van der Waals surface area contributed by atoms with Crippen molar-refractivity contribution in [1.29, 1.82) is 0 Å². The smallest absolute Gasteiger partial charge is 0.171 e. The van der Waals surface area contributed by atoms with Crippen LogP contribution in [-0.2, 0) is 0 Å². The lowest BCUT2D eigenvalue weighted by molar-refractivity contribution is 0.270. The highest BCUT2D eigenvalue weighted by Gasteiger charge is 2.08. The second kappa shape index (κ2) is 9.28. The van der Waals surface area contributed by atoms with Crippen LogP contribution in [0.5, 0.6) is 11.5 Å². The van der Waals surface area contributed by atoms with E-state index in [0.29, 0.717) is 17.6 Å². The first-order chi connectivity index (χ1) is 12.0. The SMILES string of the molecule is COc1ccccc1OC[C@H](C)NC(=S)Nc1ccc(C(C)C)cc1. The van der Waals surface area contributed by atoms with Crippen LogP contribution in [0.25, 0.3) is 0 Å². The Balaban J connectivity index is 1.81. The molecule has 0 bridgehead atoms. The number of para-hydroxylation sites is 2. The van der Waals surface area contributed by atoms with Crippen molar-refractivity contribution >= 4 is 23.0 Å². The third-order valence-corrected chi connectivity index (χ3v) is 3.99. The molecule has 0 radical (unpaired) electrons. The summed E-state index contributed by atoms with van der Waals surface area (Å²) in [4.78, 5) is 0. The van der Waals surface area contributed by atoms with Crippen molar-refractivity contribution in [2.24, 2.45) is 0 Å². The van der Waals surface area contributed by atoms with Gasteiger partial charge in [-0.25, -0.2) is 0 Å². The molecule has 0 saturated heterocycles. The zero-order valence-electron chi connectivity index (χ0n) is 15.2. The average Bonchev–Trinajstić information content (AvgIpc) is 2.60. The van der Waals surface area contributed by atoms with E-state index in [-0.39, 0.29) is 6.04 Å². The predicted molar refractivity (Wildman–Crippen MR) is 108 cm³/mol. The van der Waals surface area contributed by atoms with Gasteiger partial charge in [0.15, 0.2) is 16.6 Å². The number of hydrogen-bond acceptors (Lipinski definition) is 3. The Hall–Kier alpha value is -2.27. The van der Waals surface area contributed by atoms with Crippen molar-refractivity contribution < 1.29 is 9.47 Å². The lowest BCUT2D eigenvalue weighted by Crippen LogP contribution is -2.39. The van der Waals surface area contributed by atoms with Crippen LogP contribution < -0.4 is 20.1 Å². The molecule has 0 fully saturated rings. The number of nitrogens with one attached hydrogen (secondary N) is 2. The number of ether oxygens (including phenoxy) is 2. The second-order valence-corrected chi connectivity index (χ2v) is 6.65. The number of benzene rings is 2. The monoisotopic (exact) mass is 358 g/mol. The number of anilines is 1. The third-order valence-electron chi connectivity index (χ3n) is 3.77. The Morgan fingerprint density at radius 1 is 1.00 bits per heavy atom. The van der Waals surface area contributed by atoms with E-state index in [1.165, 1.54) is 5.56 Å². The van der Waals surface area contributed by atoms with Crippen molar-refractivity contribution in [3.05, 3.63) is 54.1 Å². The van der Waals surface area contributed by atoms with E-state index >= 15 is 0 Å². The van der Waals surface area contributed by atoms with E-state index < -0.39 is 0 Å². The fraction of sp³-hybridized carbons (Fsp3) is 0.350. The van der Waals surface area contributed by atoms with E-state index in [4.69, 9.17) is 21.7 Å². The van der Waals surface area contributed by atoms with E-state index in [2.05, 4.69) is 36.6 Å². The summed E-state index contributed by atoms with van der Waals surface area (Å²) < 4.78 is 11.1. The highest BCUT2D eigenvalue weighted by Crippen LogP contribution is 2.25. The van der Waals surface area contributed by atoms with E-state index in [9.17, 15) is 0 Å². The molecule has 0 heterocycles. The number of thiocarbonyl (C=S) groups is 1. The van der Waals surface area contributed by atoms with Crippen LogP contribution in [0.2, 0.25) is 0 Å². The first-order valence-corrected chi connectivity index (χ1v) is 8.83. The molecule has 0 unspecified atom stereocenters. The maximum Gasteiger partial charge on any atom is 0.171 e. The summed E-state index contributed by atoms with van der Waals surface area (Å²) in [6.45, 7) is 6.86. The van der Waals surface area contributed by atoms with Crippen molar-refractivity contribution in [3.63, 3.8) is 0 Å². The Morgan fingerprint density at radius 3 is 2.24 bits per heavy atom. The van der Waals surface area contributed by atoms with Crippen molar-refractivity contribution in [1.82, 2.24) is 5.32 Å². The molecule has 2 aromatic carbocycles. The lowest BCUT2D eigenvalue weighted by Gasteiger charge is -2.18. The second-order valence-electron chi connectivity index (χ2n) is 6.24. The predicted octanol–water partition coefficient (Wildman–Crippen LogP) is 4.57. The van der Waals surface area contributed by atoms with Crippen LogP contribution in [0.1, 0.15) is 32.3 Å². The minimum absolute atomic E-state index is 0.0554. The van der Waals surface area contributed by atoms with E-state index in [0.717, 1.165) is 17.2 Å². The van der Waals surface area contributed by atoms with Gasteiger partial charge in [-0.05, 0) is 54.9 Å². The molecule has 1 atom stereocenters. The summed E-state index contributed by atoms with van der Waals surface area (Å²) in [5, 5.41) is 7.00. The van der Waals surface area contributed by atoms with Crippen molar-refractivity contribution in [2.45, 2.75) is 32.7 Å². The fourth-order valence-electron chi connectivity index (χ4n) is 2.34. The molecule has 0 spiro atoms. The summed E-state index contributed by atoms with van der Waals surface area (Å²) in [6, 6.07) is 16.0. The normalized spacial score (nSPS) is 11.7. The molecule has 134 valence electrons. The van der Waals surface area contributed by atoms with Gasteiger partial charge in [0.05, 0.1) is 13.2 Å². The average molecular weight is 359 g/mol. The molecule has 0 aliphatic carbocycles. The molecule has 2 N–H and O–H groups in total. The van der Waals surface area contributed by atoms with Gasteiger partial charge in [0.25, 0.3) is 0 Å². The van der Waals surface area contributed by atoms with Crippen LogP contribution in [-0.4, -0.2) is 24.9 Å². The van der Waals surface area contributed by atoms with Gasteiger partial charge in [-0.15, -0.1) is 0 Å². The summed E-state index contributed by atoms with van der Waals surface area (Å²) in [5.41, 5.74) is 2.28. The summed E-state index contributed by atoms with van der Waals surface area (Å²) in [7, 11) is 1.63. The first kappa shape index (κ1) is 19.1. The molecule has 0 amide bonds. The summed E-state index contributed by atoms with van der Waals surface area (Å²) >= 11 is 5.37. The van der Waals surface area contributed by atoms with Gasteiger partial charge in [0.1, 0.15) is 6.61 Å². The van der Waals surface area contributed by atoms with Crippen molar-refractivity contribution in [2.75, 3.05) is 19.0 Å². The molecule has 2 rings (SSSR count). The van der Waals surface area contributed by atoms with E-state index in [1.54, 1.807) is 7.11 Å². The van der Waals surface area contributed by atoms with Crippen LogP contribution >= 0.6 is 12.2 Å². The Kier molecular flexibility index (Phi) is 7.07. The zero-order valence-corrected chi connectivity index (χ0v) is 16.0. The van der Waals surface area contributed by atoms with Gasteiger partial charge >= 0.3 is 0 Å². The molecular formula is C20H26N2O2S. The molecule has 25 heavy (non-hydrogen) atoms. The van der Waals surface area contributed by atoms with Gasteiger partial charge in [-0.2, -0.15) is 0 Å². The Morgan fingerprint density at radius 2 is 1.64 bits per heavy atom. The van der Waals surface area contributed by atoms with Gasteiger partial charge in [-0.1, -0.05) is 38.1 Å². The topological polar surface area (TPSA) is 42.5 Å². The van der Waals surface area contributed by atoms with Crippen LogP contribution in [0.3, 0.4) is 0 Å². The van der Waals surface area contributed by atoms with Crippen LogP contribution in [0.4, 0.5) is 5.69 Å². The molecule has 0 aliphatic heterocycles. The third kappa shape index (κ3) is 5.94. The molecule has 0 aromatic heterocycles. The highest BCUT2D eigenvalue weighted by atomic mass is 32.1. The number of methoxy groups -OCH3 is 1. The number of hydrogen-bond donors (Lipinski definition) is 2. The lowest BCUT2D eigenvalue weighted by atomic mass is 10.0. The molecule has 5 heteroatoms. The minimum atomic E-state index is 0.0554. The number of rotatable bonds is 7. The van der Waals surface area contributed by atoms with Crippen LogP contribution in [0, 0.1) is 0 Å². The van der Waals surface area contributed by atoms with Gasteiger partial charge in [0, 0.05) is 5.69 Å². The maximum atomic E-state index is 5.81. The molecule has 4 nitrogen and oxygen atoms in total. The standard InChI is InChI=1S/C20H26N2O2S/c1-14(2)16-9-11-17(12-10-16)22-20(25)21-15(3)13-24-19-8-6-5-7-18(19)23-4/h5-12,14-15H,13H2,1-4H3,(H2,21,22,25)/t15-/m0/s1. The maximum absolute atomic E-state index is 5.81. The zero-order chi connectivity index (χ0) is 18.2. The quantitative estimate of drug-likeness (QED) is 0.710. The largest absolute Gasteiger partial charge is 0.493 e. The minimum Gasteiger partial charge on any atom is -0.493 e. The molecule has 2 aromatic rings. The summed E-state index contributed by atoms with van der Waals surface area (Å²) in [5.74, 6) is 1.97. The molecular weight excluding hydrogens is 332 g/mol. The van der Waals surface area contributed by atoms with Gasteiger partial charge < -0.3 is 20.1 Å². The highest BCUT2D eigenvalue weighted by molar-refractivity contribution is 7.80. The van der Waals surface area contributed by atoms with E-state index in [1.807, 2.05) is 43.3 Å². The van der Waals surface area contributed by atoms with Gasteiger partial charge in [-0.3, -0.25) is 0 Å². The first-order valence-electron chi connectivity index (χ1n) is 8.43. The van der Waals surface area contributed by atoms with Crippen LogP contribution in [0.15, 0.2) is 48.5 Å². The summed E-state index contributed by atoms with van der Waals surface area (Å²) in [6.07, 6.45) is 0. The van der Waals surface area contributed by atoms with Crippen molar-refractivity contribution in [3.8, 4) is 11.5 Å². The van der Waals surface area contributed by atoms with Gasteiger partial charge in [0.2, 0.25) is 0 Å². The molecule has 0 aliphatic rings. The Labute approximate surface area is 155 Å².